The minimum absolute atomic E-state index is 0.185. The molecule has 0 unspecified atom stereocenters. The second-order valence-corrected chi connectivity index (χ2v) is 4.29. The van der Waals surface area contributed by atoms with Gasteiger partial charge in [-0.05, 0) is 50.2 Å². The number of nitrogens with one attached hydrogen (secondary N) is 1. The molecule has 0 aliphatic heterocycles. The zero-order valence-corrected chi connectivity index (χ0v) is 10.6. The molecule has 2 aromatic rings. The smallest absolute Gasteiger partial charge is 0.123 e. The van der Waals surface area contributed by atoms with Crippen molar-refractivity contribution in [2.75, 3.05) is 11.1 Å². The standard InChI is InChI=1S/C14H17N3O/c1-10(2)18-13-6-3-11(4-7-13)17-12-5-8-14(15)16-9-12/h3-10,17H,1-2H3,(H2,15,16). The second kappa shape index (κ2) is 5.40. The highest BCUT2D eigenvalue weighted by molar-refractivity contribution is 5.60. The fourth-order valence-corrected chi connectivity index (χ4v) is 1.53. The summed E-state index contributed by atoms with van der Waals surface area (Å²) >= 11 is 0. The fourth-order valence-electron chi connectivity index (χ4n) is 1.53. The van der Waals surface area contributed by atoms with E-state index in [0.717, 1.165) is 17.1 Å². The van der Waals surface area contributed by atoms with Gasteiger partial charge in [-0.3, -0.25) is 0 Å². The maximum Gasteiger partial charge on any atom is 0.123 e. The van der Waals surface area contributed by atoms with Gasteiger partial charge in [0.15, 0.2) is 0 Å². The lowest BCUT2D eigenvalue weighted by atomic mass is 10.3. The molecular weight excluding hydrogens is 226 g/mol. The van der Waals surface area contributed by atoms with Crippen LogP contribution in [-0.4, -0.2) is 11.1 Å². The molecule has 0 saturated heterocycles. The minimum atomic E-state index is 0.185. The molecule has 0 saturated carbocycles. The summed E-state index contributed by atoms with van der Waals surface area (Å²) in [6.07, 6.45) is 1.89. The number of rotatable bonds is 4. The van der Waals surface area contributed by atoms with E-state index in [2.05, 4.69) is 10.3 Å². The maximum absolute atomic E-state index is 5.58. The Morgan fingerprint density at radius 3 is 2.28 bits per heavy atom. The van der Waals surface area contributed by atoms with Gasteiger partial charge in [0.1, 0.15) is 11.6 Å². The molecule has 1 aromatic heterocycles. The normalized spacial score (nSPS) is 10.4. The number of anilines is 3. The summed E-state index contributed by atoms with van der Waals surface area (Å²) < 4.78 is 5.58. The number of nitrogens with zero attached hydrogens (tertiary/aromatic N) is 1. The Bertz CT molecular complexity index is 491. The molecule has 0 aliphatic carbocycles. The van der Waals surface area contributed by atoms with E-state index in [4.69, 9.17) is 10.5 Å². The number of pyridine rings is 1. The van der Waals surface area contributed by atoms with Gasteiger partial charge in [0.05, 0.1) is 18.0 Å². The average Bonchev–Trinajstić information content (AvgIpc) is 2.34. The van der Waals surface area contributed by atoms with E-state index < -0.39 is 0 Å². The topological polar surface area (TPSA) is 60.2 Å². The van der Waals surface area contributed by atoms with Crippen LogP contribution < -0.4 is 15.8 Å². The van der Waals surface area contributed by atoms with Crippen LogP contribution in [0.25, 0.3) is 0 Å². The number of benzene rings is 1. The summed E-state index contributed by atoms with van der Waals surface area (Å²) in [4.78, 5) is 4.02. The number of hydrogen-bond donors (Lipinski definition) is 2. The highest BCUT2D eigenvalue weighted by Gasteiger charge is 1.99. The monoisotopic (exact) mass is 243 g/mol. The molecule has 1 heterocycles. The van der Waals surface area contributed by atoms with E-state index in [-0.39, 0.29) is 6.10 Å². The van der Waals surface area contributed by atoms with Crippen LogP contribution in [0.4, 0.5) is 17.2 Å². The summed E-state index contributed by atoms with van der Waals surface area (Å²) in [7, 11) is 0. The van der Waals surface area contributed by atoms with Gasteiger partial charge in [0, 0.05) is 5.69 Å². The van der Waals surface area contributed by atoms with Crippen LogP contribution in [0, 0.1) is 0 Å². The Kier molecular flexibility index (Phi) is 3.67. The molecule has 0 aliphatic rings. The van der Waals surface area contributed by atoms with Crippen molar-refractivity contribution in [2.24, 2.45) is 0 Å². The third-order valence-corrected chi connectivity index (χ3v) is 2.30. The van der Waals surface area contributed by atoms with Crippen LogP contribution in [-0.2, 0) is 0 Å². The van der Waals surface area contributed by atoms with Crippen molar-refractivity contribution in [3.63, 3.8) is 0 Å². The average molecular weight is 243 g/mol. The molecule has 0 atom stereocenters. The van der Waals surface area contributed by atoms with Crippen molar-refractivity contribution >= 4 is 17.2 Å². The minimum Gasteiger partial charge on any atom is -0.491 e. The molecular formula is C14H17N3O. The third kappa shape index (κ3) is 3.38. The summed E-state index contributed by atoms with van der Waals surface area (Å²) in [6, 6.07) is 11.5. The summed E-state index contributed by atoms with van der Waals surface area (Å²) in [6.45, 7) is 4.01. The van der Waals surface area contributed by atoms with E-state index in [0.29, 0.717) is 5.82 Å². The molecule has 0 bridgehead atoms. The summed E-state index contributed by atoms with van der Waals surface area (Å²) in [5, 5.41) is 3.24. The number of nitrogens with two attached hydrogens (primary N) is 1. The first-order valence-corrected chi connectivity index (χ1v) is 5.89. The van der Waals surface area contributed by atoms with E-state index in [1.807, 2.05) is 44.2 Å². The number of aromatic nitrogens is 1. The quantitative estimate of drug-likeness (QED) is 0.865. The van der Waals surface area contributed by atoms with Crippen LogP contribution in [0.2, 0.25) is 0 Å². The molecule has 2 rings (SSSR count). The van der Waals surface area contributed by atoms with Crippen molar-refractivity contribution in [3.05, 3.63) is 42.6 Å². The van der Waals surface area contributed by atoms with Gasteiger partial charge in [-0.25, -0.2) is 4.98 Å². The zero-order chi connectivity index (χ0) is 13.0. The maximum atomic E-state index is 5.58. The second-order valence-electron chi connectivity index (χ2n) is 4.29. The van der Waals surface area contributed by atoms with Gasteiger partial charge in [0.2, 0.25) is 0 Å². The predicted molar refractivity (Wildman–Crippen MR) is 74.1 cm³/mol. The Labute approximate surface area is 107 Å². The number of hydrogen-bond acceptors (Lipinski definition) is 4. The molecule has 4 heteroatoms. The highest BCUT2D eigenvalue weighted by atomic mass is 16.5. The van der Waals surface area contributed by atoms with Crippen molar-refractivity contribution in [1.29, 1.82) is 0 Å². The van der Waals surface area contributed by atoms with E-state index in [9.17, 15) is 0 Å². The Hall–Kier alpha value is -2.23. The van der Waals surface area contributed by atoms with Crippen molar-refractivity contribution in [3.8, 4) is 5.75 Å². The van der Waals surface area contributed by atoms with Gasteiger partial charge in [-0.2, -0.15) is 0 Å². The van der Waals surface area contributed by atoms with Crippen LogP contribution in [0.1, 0.15) is 13.8 Å². The lowest BCUT2D eigenvalue weighted by molar-refractivity contribution is 0.242. The third-order valence-electron chi connectivity index (χ3n) is 2.30. The van der Waals surface area contributed by atoms with Crippen molar-refractivity contribution in [2.45, 2.75) is 20.0 Å². The molecule has 0 radical (unpaired) electrons. The Morgan fingerprint density at radius 2 is 1.72 bits per heavy atom. The largest absolute Gasteiger partial charge is 0.491 e. The molecule has 4 nitrogen and oxygen atoms in total. The lowest BCUT2D eigenvalue weighted by Crippen LogP contribution is -2.05. The molecule has 0 fully saturated rings. The highest BCUT2D eigenvalue weighted by Crippen LogP contribution is 2.20. The fraction of sp³-hybridized carbons (Fsp3) is 0.214. The Balaban J connectivity index is 2.04. The van der Waals surface area contributed by atoms with Crippen LogP contribution in [0.15, 0.2) is 42.6 Å². The van der Waals surface area contributed by atoms with Gasteiger partial charge < -0.3 is 15.8 Å². The van der Waals surface area contributed by atoms with E-state index in [1.165, 1.54) is 0 Å². The van der Waals surface area contributed by atoms with Gasteiger partial charge >= 0.3 is 0 Å². The molecule has 3 N–H and O–H groups in total. The summed E-state index contributed by atoms with van der Waals surface area (Å²) in [5.74, 6) is 1.38. The van der Waals surface area contributed by atoms with Crippen molar-refractivity contribution < 1.29 is 4.74 Å². The first-order chi connectivity index (χ1) is 8.63. The SMILES string of the molecule is CC(C)Oc1ccc(Nc2ccc(N)nc2)cc1. The Morgan fingerprint density at radius 1 is 1.06 bits per heavy atom. The molecule has 1 aromatic carbocycles. The molecule has 0 amide bonds. The first kappa shape index (κ1) is 12.2. The molecule has 94 valence electrons. The van der Waals surface area contributed by atoms with Crippen LogP contribution in [0.5, 0.6) is 5.75 Å². The number of nitrogen functional groups attached to an aromatic ring is 1. The van der Waals surface area contributed by atoms with Gasteiger partial charge in [-0.1, -0.05) is 0 Å². The lowest BCUT2D eigenvalue weighted by Gasteiger charge is -2.11. The van der Waals surface area contributed by atoms with Crippen LogP contribution >= 0.6 is 0 Å². The van der Waals surface area contributed by atoms with Gasteiger partial charge in [-0.15, -0.1) is 0 Å². The first-order valence-electron chi connectivity index (χ1n) is 5.89. The van der Waals surface area contributed by atoms with Gasteiger partial charge in [0.25, 0.3) is 0 Å². The van der Waals surface area contributed by atoms with E-state index >= 15 is 0 Å². The predicted octanol–water partition coefficient (Wildman–Crippen LogP) is 3.19. The number of ether oxygens (including phenoxy) is 1. The molecule has 0 spiro atoms. The van der Waals surface area contributed by atoms with Crippen LogP contribution in [0.3, 0.4) is 0 Å². The zero-order valence-electron chi connectivity index (χ0n) is 10.6. The van der Waals surface area contributed by atoms with E-state index in [1.54, 1.807) is 12.3 Å². The summed E-state index contributed by atoms with van der Waals surface area (Å²) in [5.41, 5.74) is 7.42. The van der Waals surface area contributed by atoms with Crippen molar-refractivity contribution in [1.82, 2.24) is 4.98 Å². The molecule has 18 heavy (non-hydrogen) atoms.